The van der Waals surface area contributed by atoms with Crippen LogP contribution in [0, 0.1) is 0 Å². The van der Waals surface area contributed by atoms with Gasteiger partial charge in [0.25, 0.3) is 0 Å². The maximum absolute atomic E-state index is 13.7. The molecule has 222 valence electrons. The fraction of sp³-hybridized carbons (Fsp3) is 0.444. The van der Waals surface area contributed by atoms with Gasteiger partial charge in [-0.25, -0.2) is 0 Å². The van der Waals surface area contributed by atoms with Gasteiger partial charge in [0.1, 0.15) is 64.8 Å². The molecule has 2 aromatic carbocycles. The minimum atomic E-state index is -1.74. The van der Waals surface area contributed by atoms with Gasteiger partial charge < -0.3 is 63.8 Å². The number of aliphatic hydroxyl groups is 6. The third-order valence-electron chi connectivity index (χ3n) is 7.01. The van der Waals surface area contributed by atoms with E-state index in [1.165, 1.54) is 20.1 Å². The molecule has 5 rings (SSSR count). The van der Waals surface area contributed by atoms with E-state index in [9.17, 15) is 40.5 Å². The van der Waals surface area contributed by atoms with Crippen LogP contribution in [0.2, 0.25) is 0 Å². The molecule has 2 aliphatic heterocycles. The Hall–Kier alpha value is -3.47. The fourth-order valence-electron chi connectivity index (χ4n) is 4.61. The van der Waals surface area contributed by atoms with Gasteiger partial charge in [-0.05, 0) is 31.2 Å². The van der Waals surface area contributed by atoms with Crippen LogP contribution in [0.5, 0.6) is 23.0 Å². The number of methoxy groups -OCH3 is 1. The van der Waals surface area contributed by atoms with Crippen LogP contribution < -0.4 is 19.6 Å². The van der Waals surface area contributed by atoms with Crippen LogP contribution in [0.1, 0.15) is 6.92 Å². The average molecular weight is 579 g/mol. The number of benzene rings is 2. The summed E-state index contributed by atoms with van der Waals surface area (Å²) in [4.78, 5) is 13.7. The monoisotopic (exact) mass is 578 g/mol. The zero-order chi connectivity index (χ0) is 29.6. The highest BCUT2D eigenvalue weighted by Crippen LogP contribution is 2.38. The standard InChI is InChI=1S/C27H30O14/c1-10-18(30)21(33)23(35)27(38-10)41-25-20(32)17-14(28)7-13(39-26-22(34)19(31)15(29)9-37-26)8-16(17)40-24(25)11-3-5-12(36-2)6-4-11/h3-8,10,15,18-19,21-23,26-31,33-35H,9H2,1-2H3/t10?,15-,18+,19+,21?,22?,23+,26+,27+/m1/s1. The first-order valence-electron chi connectivity index (χ1n) is 12.7. The molecule has 0 aliphatic carbocycles. The van der Waals surface area contributed by atoms with Gasteiger partial charge in [0.2, 0.25) is 23.8 Å². The first kappa shape index (κ1) is 29.0. The van der Waals surface area contributed by atoms with E-state index in [4.69, 9.17) is 28.1 Å². The summed E-state index contributed by atoms with van der Waals surface area (Å²) in [6.07, 6.45) is -13.2. The molecule has 9 atom stereocenters. The van der Waals surface area contributed by atoms with E-state index in [2.05, 4.69) is 0 Å². The smallest absolute Gasteiger partial charge is 0.239 e. The van der Waals surface area contributed by atoms with Crippen molar-refractivity contribution < 1.29 is 63.8 Å². The Morgan fingerprint density at radius 2 is 1.51 bits per heavy atom. The Kier molecular flexibility index (Phi) is 8.09. The number of phenols is 1. The van der Waals surface area contributed by atoms with Crippen LogP contribution in [0.15, 0.2) is 45.6 Å². The van der Waals surface area contributed by atoms with Crippen molar-refractivity contribution in [2.45, 2.75) is 62.2 Å². The average Bonchev–Trinajstić information content (AvgIpc) is 2.96. The Bertz CT molecular complexity index is 1440. The molecule has 7 N–H and O–H groups in total. The largest absolute Gasteiger partial charge is 0.507 e. The number of fused-ring (bicyclic) bond motifs is 1. The summed E-state index contributed by atoms with van der Waals surface area (Å²) in [5.74, 6) is -0.801. The molecule has 2 saturated heterocycles. The van der Waals surface area contributed by atoms with E-state index in [1.807, 2.05) is 0 Å². The zero-order valence-electron chi connectivity index (χ0n) is 21.9. The highest BCUT2D eigenvalue weighted by atomic mass is 16.7. The molecule has 0 amide bonds. The molecule has 3 aromatic rings. The summed E-state index contributed by atoms with van der Waals surface area (Å²) in [6, 6.07) is 8.61. The Balaban J connectivity index is 1.59. The van der Waals surface area contributed by atoms with E-state index in [1.54, 1.807) is 24.3 Å². The van der Waals surface area contributed by atoms with Crippen LogP contribution in [0.25, 0.3) is 22.3 Å². The second-order valence-corrected chi connectivity index (χ2v) is 9.80. The highest BCUT2D eigenvalue weighted by molar-refractivity contribution is 5.88. The molecule has 1 aromatic heterocycles. The van der Waals surface area contributed by atoms with Crippen molar-refractivity contribution in [3.05, 3.63) is 46.6 Å². The van der Waals surface area contributed by atoms with Crippen molar-refractivity contribution >= 4 is 11.0 Å². The normalized spacial score (nSPS) is 32.0. The van der Waals surface area contributed by atoms with Crippen molar-refractivity contribution in [2.24, 2.45) is 0 Å². The number of rotatable bonds is 6. The Morgan fingerprint density at radius 1 is 0.829 bits per heavy atom. The van der Waals surface area contributed by atoms with Crippen LogP contribution >= 0.6 is 0 Å². The van der Waals surface area contributed by atoms with Crippen molar-refractivity contribution in [1.82, 2.24) is 0 Å². The number of aliphatic hydroxyl groups excluding tert-OH is 6. The summed E-state index contributed by atoms with van der Waals surface area (Å²) in [7, 11) is 1.47. The second kappa shape index (κ2) is 11.4. The topological polar surface area (TPSA) is 218 Å². The highest BCUT2D eigenvalue weighted by Gasteiger charge is 2.44. The van der Waals surface area contributed by atoms with E-state index in [0.29, 0.717) is 11.3 Å². The summed E-state index contributed by atoms with van der Waals surface area (Å²) >= 11 is 0. The van der Waals surface area contributed by atoms with Gasteiger partial charge in [0.05, 0.1) is 19.8 Å². The first-order valence-corrected chi connectivity index (χ1v) is 12.7. The molecule has 14 nitrogen and oxygen atoms in total. The molecule has 0 bridgehead atoms. The van der Waals surface area contributed by atoms with Gasteiger partial charge in [-0.15, -0.1) is 0 Å². The summed E-state index contributed by atoms with van der Waals surface area (Å²) in [6.45, 7) is 1.13. The number of ether oxygens (including phenoxy) is 5. The van der Waals surface area contributed by atoms with Crippen molar-refractivity contribution in [3.8, 4) is 34.3 Å². The van der Waals surface area contributed by atoms with Gasteiger partial charge in [0.15, 0.2) is 5.76 Å². The SMILES string of the molecule is COc1ccc(-c2oc3cc(O[C@@H]4OC[C@@H](O)[C@H](O)C4O)cc(O)c3c(=O)c2O[C@@H]2OC(C)[C@H](O)C(O)[C@@H]2O)cc1. The van der Waals surface area contributed by atoms with Gasteiger partial charge >= 0.3 is 0 Å². The maximum Gasteiger partial charge on any atom is 0.239 e. The number of hydrogen-bond donors (Lipinski definition) is 7. The summed E-state index contributed by atoms with van der Waals surface area (Å²) in [5, 5.41) is 71.0. The summed E-state index contributed by atoms with van der Waals surface area (Å²) in [5.41, 5.74) is -0.701. The van der Waals surface area contributed by atoms with E-state index in [0.717, 1.165) is 6.07 Å². The van der Waals surface area contributed by atoms with E-state index in [-0.39, 0.29) is 29.1 Å². The zero-order valence-corrected chi connectivity index (χ0v) is 21.9. The predicted molar refractivity (Wildman–Crippen MR) is 138 cm³/mol. The lowest BCUT2D eigenvalue weighted by molar-refractivity contribution is -0.268. The molecule has 3 heterocycles. The van der Waals surface area contributed by atoms with Gasteiger partial charge in [-0.1, -0.05) is 0 Å². The van der Waals surface area contributed by atoms with E-state index < -0.39 is 72.2 Å². The molecular weight excluding hydrogens is 548 g/mol. The molecular formula is C27H30O14. The lowest BCUT2D eigenvalue weighted by Crippen LogP contribution is -2.58. The van der Waals surface area contributed by atoms with Crippen LogP contribution in [-0.2, 0) is 9.47 Å². The number of phenolic OH excluding ortho intramolecular Hbond substituents is 1. The minimum absolute atomic E-state index is 0.0999. The molecule has 2 aliphatic rings. The lowest BCUT2D eigenvalue weighted by Gasteiger charge is -2.38. The number of aromatic hydroxyl groups is 1. The molecule has 0 spiro atoms. The lowest BCUT2D eigenvalue weighted by atomic mass is 10.00. The first-order chi connectivity index (χ1) is 19.5. The predicted octanol–water partition coefficient (Wildman–Crippen LogP) is -0.802. The molecule has 14 heteroatoms. The molecule has 0 saturated carbocycles. The van der Waals surface area contributed by atoms with Crippen molar-refractivity contribution in [1.29, 1.82) is 0 Å². The van der Waals surface area contributed by atoms with Crippen LogP contribution in [0.3, 0.4) is 0 Å². The third kappa shape index (κ3) is 5.43. The van der Waals surface area contributed by atoms with Gasteiger partial charge in [-0.2, -0.15) is 0 Å². The fourth-order valence-corrected chi connectivity index (χ4v) is 4.61. The van der Waals surface area contributed by atoms with Crippen LogP contribution in [-0.4, -0.2) is 105 Å². The van der Waals surface area contributed by atoms with Gasteiger partial charge in [-0.3, -0.25) is 4.79 Å². The molecule has 41 heavy (non-hydrogen) atoms. The van der Waals surface area contributed by atoms with Gasteiger partial charge in [0, 0.05) is 17.7 Å². The number of hydrogen-bond acceptors (Lipinski definition) is 14. The quantitative estimate of drug-likeness (QED) is 0.191. The molecule has 3 unspecified atom stereocenters. The van der Waals surface area contributed by atoms with Crippen molar-refractivity contribution in [3.63, 3.8) is 0 Å². The minimum Gasteiger partial charge on any atom is -0.507 e. The second-order valence-electron chi connectivity index (χ2n) is 9.80. The Labute approximate surface area is 232 Å². The van der Waals surface area contributed by atoms with E-state index >= 15 is 0 Å². The molecule has 2 fully saturated rings. The van der Waals surface area contributed by atoms with Crippen molar-refractivity contribution in [2.75, 3.05) is 13.7 Å². The maximum atomic E-state index is 13.7. The van der Waals surface area contributed by atoms with Crippen LogP contribution in [0.4, 0.5) is 0 Å². The molecule has 0 radical (unpaired) electrons. The third-order valence-corrected chi connectivity index (χ3v) is 7.01. The Morgan fingerprint density at radius 3 is 2.20 bits per heavy atom. The summed E-state index contributed by atoms with van der Waals surface area (Å²) < 4.78 is 33.3.